The molecule has 5 nitrogen and oxygen atoms in total. The van der Waals surface area contributed by atoms with Crippen LogP contribution in [-0.4, -0.2) is 23.6 Å². The van der Waals surface area contributed by atoms with Gasteiger partial charge in [0.25, 0.3) is 0 Å². The third-order valence-corrected chi connectivity index (χ3v) is 3.46. The maximum atomic E-state index is 6.15. The Morgan fingerprint density at radius 2 is 2.19 bits per heavy atom. The zero-order valence-corrected chi connectivity index (χ0v) is 14.1. The molecule has 1 heterocycles. The molecule has 0 atom stereocenters. The number of ether oxygens (including phenoxy) is 1. The van der Waals surface area contributed by atoms with Crippen LogP contribution < -0.4 is 15.4 Å². The second-order valence-electron chi connectivity index (χ2n) is 4.29. The number of aromatic nitrogens is 2. The summed E-state index contributed by atoms with van der Waals surface area (Å²) < 4.78 is 6.25. The fraction of sp³-hybridized carbons (Fsp3) is 0.286. The van der Waals surface area contributed by atoms with Gasteiger partial charge in [0, 0.05) is 11.0 Å². The van der Waals surface area contributed by atoms with E-state index in [1.807, 2.05) is 18.2 Å². The predicted octanol–water partition coefficient (Wildman–Crippen LogP) is 4.47. The third kappa shape index (κ3) is 4.22. The molecule has 2 N–H and O–H groups in total. The summed E-state index contributed by atoms with van der Waals surface area (Å²) in [4.78, 5) is 8.52. The van der Waals surface area contributed by atoms with E-state index in [1.54, 1.807) is 13.3 Å². The van der Waals surface area contributed by atoms with Crippen molar-refractivity contribution in [2.75, 3.05) is 24.3 Å². The summed E-state index contributed by atoms with van der Waals surface area (Å²) >= 11 is 9.58. The van der Waals surface area contributed by atoms with E-state index in [-0.39, 0.29) is 0 Å². The van der Waals surface area contributed by atoms with Gasteiger partial charge >= 0.3 is 0 Å². The number of anilines is 3. The molecule has 0 fully saturated rings. The van der Waals surface area contributed by atoms with E-state index in [2.05, 4.69) is 43.5 Å². The van der Waals surface area contributed by atoms with Gasteiger partial charge in [-0.25, -0.2) is 4.98 Å². The second-order valence-corrected chi connectivity index (χ2v) is 5.61. The minimum Gasteiger partial charge on any atom is -0.495 e. The maximum Gasteiger partial charge on any atom is 0.224 e. The van der Waals surface area contributed by atoms with Crippen molar-refractivity contribution in [3.8, 4) is 5.75 Å². The van der Waals surface area contributed by atoms with Crippen LogP contribution in [0.4, 0.5) is 17.5 Å². The highest BCUT2D eigenvalue weighted by molar-refractivity contribution is 9.10. The fourth-order valence-corrected chi connectivity index (χ4v) is 2.18. The molecule has 0 aliphatic rings. The van der Waals surface area contributed by atoms with E-state index in [9.17, 15) is 0 Å². The Bertz CT molecular complexity index is 624. The normalized spacial score (nSPS) is 10.3. The van der Waals surface area contributed by atoms with Crippen LogP contribution in [0.15, 0.2) is 28.9 Å². The van der Waals surface area contributed by atoms with Crippen molar-refractivity contribution in [2.45, 2.75) is 13.3 Å². The second kappa shape index (κ2) is 7.47. The Morgan fingerprint density at radius 1 is 1.38 bits per heavy atom. The molecule has 0 amide bonds. The van der Waals surface area contributed by atoms with Crippen LogP contribution in [-0.2, 0) is 0 Å². The van der Waals surface area contributed by atoms with Crippen LogP contribution >= 0.6 is 27.5 Å². The minimum atomic E-state index is 0.444. The molecule has 0 saturated carbocycles. The molecule has 1 aromatic carbocycles. The van der Waals surface area contributed by atoms with Crippen LogP contribution in [0.5, 0.6) is 5.75 Å². The summed E-state index contributed by atoms with van der Waals surface area (Å²) in [5.74, 6) is 1.77. The van der Waals surface area contributed by atoms with Gasteiger partial charge in [-0.3, -0.25) is 0 Å². The molecule has 0 saturated heterocycles. The largest absolute Gasteiger partial charge is 0.495 e. The number of benzene rings is 1. The Hall–Kier alpha value is -1.53. The molecule has 0 aliphatic carbocycles. The SMILES string of the molecule is CCCNc1ncc(Cl)c(Nc2cc(Br)ccc2OC)n1. The minimum absolute atomic E-state index is 0.444. The summed E-state index contributed by atoms with van der Waals surface area (Å²) in [5, 5.41) is 6.74. The van der Waals surface area contributed by atoms with Gasteiger partial charge in [0.15, 0.2) is 5.82 Å². The standard InChI is InChI=1S/C14H16BrClN4O/c1-3-6-17-14-18-8-10(16)13(20-14)19-11-7-9(15)4-5-12(11)21-2/h4-5,7-8H,3,6H2,1-2H3,(H2,17,18,19,20). The Balaban J connectivity index is 2.28. The molecular weight excluding hydrogens is 356 g/mol. The Morgan fingerprint density at radius 3 is 2.90 bits per heavy atom. The van der Waals surface area contributed by atoms with Crippen LogP contribution in [0.3, 0.4) is 0 Å². The van der Waals surface area contributed by atoms with Crippen molar-refractivity contribution in [1.29, 1.82) is 0 Å². The van der Waals surface area contributed by atoms with Crippen molar-refractivity contribution >= 4 is 45.0 Å². The summed E-state index contributed by atoms with van der Waals surface area (Å²) in [6, 6.07) is 5.66. The van der Waals surface area contributed by atoms with E-state index >= 15 is 0 Å². The summed E-state index contributed by atoms with van der Waals surface area (Å²) in [7, 11) is 1.62. The maximum absolute atomic E-state index is 6.15. The van der Waals surface area contributed by atoms with Crippen molar-refractivity contribution in [1.82, 2.24) is 9.97 Å². The zero-order valence-electron chi connectivity index (χ0n) is 11.8. The quantitative estimate of drug-likeness (QED) is 0.784. The molecule has 2 rings (SSSR count). The lowest BCUT2D eigenvalue weighted by Gasteiger charge is -2.13. The molecule has 0 radical (unpaired) electrons. The van der Waals surface area contributed by atoms with Crippen molar-refractivity contribution < 1.29 is 4.74 Å². The predicted molar refractivity (Wildman–Crippen MR) is 89.8 cm³/mol. The lowest BCUT2D eigenvalue weighted by Crippen LogP contribution is -2.06. The van der Waals surface area contributed by atoms with Crippen molar-refractivity contribution in [2.24, 2.45) is 0 Å². The third-order valence-electron chi connectivity index (χ3n) is 2.69. The van der Waals surface area contributed by atoms with Crippen molar-refractivity contribution in [3.05, 3.63) is 33.9 Å². The van der Waals surface area contributed by atoms with Gasteiger partial charge in [0.1, 0.15) is 10.8 Å². The van der Waals surface area contributed by atoms with Crippen LogP contribution in [0.1, 0.15) is 13.3 Å². The monoisotopic (exact) mass is 370 g/mol. The number of nitrogens with zero attached hydrogens (tertiary/aromatic N) is 2. The van der Waals surface area contributed by atoms with Gasteiger partial charge < -0.3 is 15.4 Å². The zero-order chi connectivity index (χ0) is 15.2. The van der Waals surface area contributed by atoms with Crippen LogP contribution in [0, 0.1) is 0 Å². The summed E-state index contributed by atoms with van der Waals surface area (Å²) in [6.07, 6.45) is 2.56. The molecule has 21 heavy (non-hydrogen) atoms. The first-order chi connectivity index (χ1) is 10.1. The first-order valence-corrected chi connectivity index (χ1v) is 7.68. The van der Waals surface area contributed by atoms with Gasteiger partial charge in [-0.15, -0.1) is 0 Å². The molecule has 0 unspecified atom stereocenters. The highest BCUT2D eigenvalue weighted by Crippen LogP contribution is 2.32. The van der Waals surface area contributed by atoms with Gasteiger partial charge in [0.05, 0.1) is 19.0 Å². The molecule has 2 aromatic rings. The number of nitrogens with one attached hydrogen (secondary N) is 2. The van der Waals surface area contributed by atoms with Gasteiger partial charge in [-0.1, -0.05) is 34.5 Å². The van der Waals surface area contributed by atoms with Crippen molar-refractivity contribution in [3.63, 3.8) is 0 Å². The lowest BCUT2D eigenvalue weighted by atomic mass is 10.3. The molecular formula is C14H16BrClN4O. The number of rotatable bonds is 6. The number of hydrogen-bond donors (Lipinski definition) is 2. The van der Waals surface area contributed by atoms with E-state index < -0.39 is 0 Å². The smallest absolute Gasteiger partial charge is 0.224 e. The fourth-order valence-electron chi connectivity index (χ4n) is 1.68. The van der Waals surface area contributed by atoms with Crippen LogP contribution in [0.25, 0.3) is 0 Å². The highest BCUT2D eigenvalue weighted by atomic mass is 79.9. The van der Waals surface area contributed by atoms with Crippen LogP contribution in [0.2, 0.25) is 5.02 Å². The van der Waals surface area contributed by atoms with Gasteiger partial charge in [-0.2, -0.15) is 4.98 Å². The Labute approximate surface area is 137 Å². The average molecular weight is 372 g/mol. The van der Waals surface area contributed by atoms with Gasteiger partial charge in [0.2, 0.25) is 5.95 Å². The topological polar surface area (TPSA) is 59.1 Å². The first kappa shape index (κ1) is 15.9. The average Bonchev–Trinajstić information content (AvgIpc) is 2.48. The molecule has 0 spiro atoms. The first-order valence-electron chi connectivity index (χ1n) is 6.51. The number of methoxy groups -OCH3 is 1. The van der Waals surface area contributed by atoms with E-state index in [4.69, 9.17) is 16.3 Å². The van der Waals surface area contributed by atoms with Gasteiger partial charge in [-0.05, 0) is 24.6 Å². The molecule has 112 valence electrons. The van der Waals surface area contributed by atoms with E-state index in [1.165, 1.54) is 0 Å². The number of halogens is 2. The highest BCUT2D eigenvalue weighted by Gasteiger charge is 2.09. The summed E-state index contributed by atoms with van der Waals surface area (Å²) in [6.45, 7) is 2.88. The summed E-state index contributed by atoms with van der Waals surface area (Å²) in [5.41, 5.74) is 0.772. The molecule has 0 bridgehead atoms. The molecule has 7 heteroatoms. The van der Waals surface area contributed by atoms with E-state index in [0.29, 0.717) is 22.5 Å². The number of hydrogen-bond acceptors (Lipinski definition) is 5. The molecule has 0 aliphatic heterocycles. The lowest BCUT2D eigenvalue weighted by molar-refractivity contribution is 0.416. The van der Waals surface area contributed by atoms with E-state index in [0.717, 1.165) is 23.1 Å². The Kier molecular flexibility index (Phi) is 5.64. The molecule has 1 aromatic heterocycles.